The Balaban J connectivity index is 1.93. The molecule has 1 amide bonds. The first-order chi connectivity index (χ1) is 7.33. The molecule has 1 fully saturated rings. The van der Waals surface area contributed by atoms with E-state index in [1.165, 1.54) is 19.3 Å². The van der Waals surface area contributed by atoms with Crippen molar-refractivity contribution in [1.82, 2.24) is 10.9 Å². The van der Waals surface area contributed by atoms with Crippen LogP contribution in [0.4, 0.5) is 0 Å². The maximum atomic E-state index is 11.1. The lowest BCUT2D eigenvalue weighted by Gasteiger charge is -2.21. The summed E-state index contributed by atoms with van der Waals surface area (Å²) in [5, 5.41) is 0. The standard InChI is InChI=1S/C11H22N2O2/c1-12-13-11(14)5-3-2-4-10-6-8-15-9-7-10/h10,12H,2-9H2,1H3,(H,13,14). The molecule has 0 aromatic carbocycles. The molecule has 2 N–H and O–H groups in total. The molecule has 0 atom stereocenters. The summed E-state index contributed by atoms with van der Waals surface area (Å²) in [5.74, 6) is 0.913. The summed E-state index contributed by atoms with van der Waals surface area (Å²) in [5.41, 5.74) is 5.22. The van der Waals surface area contributed by atoms with E-state index in [0.29, 0.717) is 6.42 Å². The van der Waals surface area contributed by atoms with Gasteiger partial charge >= 0.3 is 0 Å². The van der Waals surface area contributed by atoms with Gasteiger partial charge in [0.15, 0.2) is 0 Å². The average Bonchev–Trinajstić information content (AvgIpc) is 2.26. The third-order valence-corrected chi connectivity index (χ3v) is 2.87. The highest BCUT2D eigenvalue weighted by Gasteiger charge is 2.13. The number of carbonyl (C=O) groups excluding carboxylic acids is 1. The fraction of sp³-hybridized carbons (Fsp3) is 0.909. The van der Waals surface area contributed by atoms with Gasteiger partial charge in [0, 0.05) is 26.7 Å². The number of nitrogens with one attached hydrogen (secondary N) is 2. The molecule has 4 heteroatoms. The second kappa shape index (κ2) is 7.65. The van der Waals surface area contributed by atoms with Crippen molar-refractivity contribution in [3.63, 3.8) is 0 Å². The van der Waals surface area contributed by atoms with Crippen LogP contribution >= 0.6 is 0 Å². The second-order valence-electron chi connectivity index (χ2n) is 4.10. The van der Waals surface area contributed by atoms with Crippen LogP contribution in [0, 0.1) is 5.92 Å². The first-order valence-corrected chi connectivity index (χ1v) is 5.86. The van der Waals surface area contributed by atoms with Gasteiger partial charge in [0.05, 0.1) is 0 Å². The number of unbranched alkanes of at least 4 members (excludes halogenated alkanes) is 1. The SMILES string of the molecule is CNNC(=O)CCCCC1CCOCC1. The normalized spacial score (nSPS) is 17.7. The van der Waals surface area contributed by atoms with Crippen LogP contribution in [0.5, 0.6) is 0 Å². The highest BCUT2D eigenvalue weighted by Crippen LogP contribution is 2.20. The zero-order valence-electron chi connectivity index (χ0n) is 9.55. The molecule has 0 aromatic rings. The summed E-state index contributed by atoms with van der Waals surface area (Å²) < 4.78 is 5.30. The molecule has 1 rings (SSSR count). The topological polar surface area (TPSA) is 50.4 Å². The number of hydrogen-bond donors (Lipinski definition) is 2. The van der Waals surface area contributed by atoms with Crippen molar-refractivity contribution in [2.75, 3.05) is 20.3 Å². The number of rotatable bonds is 6. The molecule has 15 heavy (non-hydrogen) atoms. The minimum Gasteiger partial charge on any atom is -0.381 e. The Morgan fingerprint density at radius 3 is 2.73 bits per heavy atom. The van der Waals surface area contributed by atoms with Crippen LogP contribution in [-0.4, -0.2) is 26.2 Å². The van der Waals surface area contributed by atoms with E-state index in [-0.39, 0.29) is 5.91 Å². The van der Waals surface area contributed by atoms with Gasteiger partial charge in [0.2, 0.25) is 5.91 Å². The van der Waals surface area contributed by atoms with Crippen molar-refractivity contribution in [3.05, 3.63) is 0 Å². The van der Waals surface area contributed by atoms with Crippen LogP contribution in [0.3, 0.4) is 0 Å². The molecular formula is C11H22N2O2. The average molecular weight is 214 g/mol. The molecule has 1 aliphatic heterocycles. The lowest BCUT2D eigenvalue weighted by molar-refractivity contribution is -0.122. The largest absolute Gasteiger partial charge is 0.381 e. The summed E-state index contributed by atoms with van der Waals surface area (Å²) in [6.45, 7) is 1.84. The van der Waals surface area contributed by atoms with Crippen LogP contribution in [0.25, 0.3) is 0 Å². The summed E-state index contributed by atoms with van der Waals surface area (Å²) in [6.07, 6.45) is 6.42. The van der Waals surface area contributed by atoms with Crippen molar-refractivity contribution >= 4 is 5.91 Å². The van der Waals surface area contributed by atoms with Gasteiger partial charge in [-0.15, -0.1) is 0 Å². The maximum Gasteiger partial charge on any atom is 0.234 e. The third kappa shape index (κ3) is 5.74. The Labute approximate surface area is 91.7 Å². The van der Waals surface area contributed by atoms with Gasteiger partial charge in [-0.05, 0) is 25.2 Å². The van der Waals surface area contributed by atoms with Gasteiger partial charge in [0.1, 0.15) is 0 Å². The molecule has 0 bridgehead atoms. The van der Waals surface area contributed by atoms with Crippen molar-refractivity contribution in [2.24, 2.45) is 5.92 Å². The predicted octanol–water partition coefficient (Wildman–Crippen LogP) is 1.22. The lowest BCUT2D eigenvalue weighted by Crippen LogP contribution is -2.33. The molecule has 0 radical (unpaired) electrons. The zero-order chi connectivity index (χ0) is 10.9. The van der Waals surface area contributed by atoms with Gasteiger partial charge in [-0.25, -0.2) is 5.43 Å². The minimum atomic E-state index is 0.0875. The monoisotopic (exact) mass is 214 g/mol. The Kier molecular flexibility index (Phi) is 6.36. The van der Waals surface area contributed by atoms with E-state index in [1.54, 1.807) is 7.05 Å². The van der Waals surface area contributed by atoms with Crippen LogP contribution < -0.4 is 10.9 Å². The molecular weight excluding hydrogens is 192 g/mol. The first kappa shape index (κ1) is 12.5. The van der Waals surface area contributed by atoms with E-state index in [2.05, 4.69) is 10.9 Å². The van der Waals surface area contributed by atoms with E-state index >= 15 is 0 Å². The quantitative estimate of drug-likeness (QED) is 0.516. The van der Waals surface area contributed by atoms with Crippen molar-refractivity contribution in [1.29, 1.82) is 0 Å². The Bertz CT molecular complexity index is 179. The molecule has 4 nitrogen and oxygen atoms in total. The summed E-state index contributed by atoms with van der Waals surface area (Å²) in [4.78, 5) is 11.1. The van der Waals surface area contributed by atoms with E-state index in [1.807, 2.05) is 0 Å². The van der Waals surface area contributed by atoms with E-state index in [0.717, 1.165) is 32.0 Å². The Hall–Kier alpha value is -0.610. The molecule has 0 aliphatic carbocycles. The zero-order valence-corrected chi connectivity index (χ0v) is 9.55. The number of amides is 1. The van der Waals surface area contributed by atoms with Crippen LogP contribution in [0.15, 0.2) is 0 Å². The molecule has 88 valence electrons. The van der Waals surface area contributed by atoms with E-state index in [4.69, 9.17) is 4.74 Å². The third-order valence-electron chi connectivity index (χ3n) is 2.87. The van der Waals surface area contributed by atoms with E-state index < -0.39 is 0 Å². The second-order valence-corrected chi connectivity index (χ2v) is 4.10. The molecule has 1 saturated heterocycles. The van der Waals surface area contributed by atoms with Gasteiger partial charge in [0.25, 0.3) is 0 Å². The number of hydrazine groups is 1. The van der Waals surface area contributed by atoms with Crippen LogP contribution in [0.1, 0.15) is 38.5 Å². The summed E-state index contributed by atoms with van der Waals surface area (Å²) in [6, 6.07) is 0. The summed E-state index contributed by atoms with van der Waals surface area (Å²) >= 11 is 0. The molecule has 0 aromatic heterocycles. The first-order valence-electron chi connectivity index (χ1n) is 5.86. The molecule has 0 saturated carbocycles. The van der Waals surface area contributed by atoms with Crippen LogP contribution in [0.2, 0.25) is 0 Å². The molecule has 1 heterocycles. The predicted molar refractivity (Wildman–Crippen MR) is 59.2 cm³/mol. The fourth-order valence-electron chi connectivity index (χ4n) is 1.96. The summed E-state index contributed by atoms with van der Waals surface area (Å²) in [7, 11) is 1.71. The molecule has 0 spiro atoms. The number of hydrogen-bond acceptors (Lipinski definition) is 3. The molecule has 0 unspecified atom stereocenters. The Morgan fingerprint density at radius 2 is 2.07 bits per heavy atom. The van der Waals surface area contributed by atoms with Crippen molar-refractivity contribution < 1.29 is 9.53 Å². The number of ether oxygens (including phenoxy) is 1. The van der Waals surface area contributed by atoms with Gasteiger partial charge in [-0.3, -0.25) is 10.2 Å². The maximum absolute atomic E-state index is 11.1. The van der Waals surface area contributed by atoms with Crippen LogP contribution in [-0.2, 0) is 9.53 Å². The Morgan fingerprint density at radius 1 is 1.33 bits per heavy atom. The van der Waals surface area contributed by atoms with E-state index in [9.17, 15) is 4.79 Å². The smallest absolute Gasteiger partial charge is 0.234 e. The van der Waals surface area contributed by atoms with Gasteiger partial charge in [-0.1, -0.05) is 12.8 Å². The van der Waals surface area contributed by atoms with Gasteiger partial charge < -0.3 is 4.74 Å². The van der Waals surface area contributed by atoms with Crippen molar-refractivity contribution in [2.45, 2.75) is 38.5 Å². The highest BCUT2D eigenvalue weighted by molar-refractivity contribution is 5.75. The highest BCUT2D eigenvalue weighted by atomic mass is 16.5. The van der Waals surface area contributed by atoms with Gasteiger partial charge in [-0.2, -0.15) is 0 Å². The van der Waals surface area contributed by atoms with Crippen molar-refractivity contribution in [3.8, 4) is 0 Å². The number of carbonyl (C=O) groups is 1. The molecule has 1 aliphatic rings. The fourth-order valence-corrected chi connectivity index (χ4v) is 1.96. The lowest BCUT2D eigenvalue weighted by atomic mass is 9.94. The minimum absolute atomic E-state index is 0.0875.